The highest BCUT2D eigenvalue weighted by molar-refractivity contribution is 5.46. The third-order valence-electron chi connectivity index (χ3n) is 2.88. The molecule has 0 unspecified atom stereocenters. The normalized spacial score (nSPS) is 11.0. The van der Waals surface area contributed by atoms with Crippen molar-refractivity contribution in [2.24, 2.45) is 0 Å². The highest BCUT2D eigenvalue weighted by Crippen LogP contribution is 2.18. The average molecular weight is 263 g/mol. The van der Waals surface area contributed by atoms with Gasteiger partial charge in [0.1, 0.15) is 5.82 Å². The average Bonchev–Trinajstić information content (AvgIpc) is 2.86. The number of hydrogen-bond donors (Lipinski definition) is 0. The van der Waals surface area contributed by atoms with Gasteiger partial charge in [0.15, 0.2) is 5.82 Å². The molecule has 0 fully saturated rings. The Bertz CT molecular complexity index is 522. The summed E-state index contributed by atoms with van der Waals surface area (Å²) < 4.78 is 18.1. The second-order valence-corrected chi connectivity index (χ2v) is 4.69. The minimum Gasteiger partial charge on any atom is -0.364 e. The number of anilines is 1. The van der Waals surface area contributed by atoms with Crippen LogP contribution in [-0.2, 0) is 6.54 Å². The van der Waals surface area contributed by atoms with Crippen molar-refractivity contribution in [3.8, 4) is 0 Å². The van der Waals surface area contributed by atoms with Crippen LogP contribution in [0.3, 0.4) is 0 Å². The Balaban J connectivity index is 2.12. The summed E-state index contributed by atoms with van der Waals surface area (Å²) in [4.78, 5) is 6.41. The number of halogens is 1. The summed E-state index contributed by atoms with van der Waals surface area (Å²) in [5.74, 6) is 1.28. The predicted octanol–water partition coefficient (Wildman–Crippen LogP) is 3.36. The molecule has 1 aromatic carbocycles. The molecule has 0 aliphatic rings. The SMILES string of the molecule is CCN(Cc1noc(C(C)C)n1)c1ccc(F)cc1. The molecule has 0 radical (unpaired) electrons. The lowest BCUT2D eigenvalue weighted by molar-refractivity contribution is 0.360. The molecule has 102 valence electrons. The molecule has 1 aromatic heterocycles. The van der Waals surface area contributed by atoms with Crippen LogP contribution in [0.15, 0.2) is 28.8 Å². The van der Waals surface area contributed by atoms with Crippen LogP contribution in [0.5, 0.6) is 0 Å². The van der Waals surface area contributed by atoms with Crippen LogP contribution in [0.4, 0.5) is 10.1 Å². The maximum absolute atomic E-state index is 12.9. The van der Waals surface area contributed by atoms with Gasteiger partial charge >= 0.3 is 0 Å². The Morgan fingerprint density at radius 3 is 2.47 bits per heavy atom. The fourth-order valence-electron chi connectivity index (χ4n) is 1.77. The van der Waals surface area contributed by atoms with Crippen LogP contribution in [0.2, 0.25) is 0 Å². The van der Waals surface area contributed by atoms with Crippen molar-refractivity contribution in [1.82, 2.24) is 10.1 Å². The van der Waals surface area contributed by atoms with Crippen LogP contribution in [0.25, 0.3) is 0 Å². The van der Waals surface area contributed by atoms with Gasteiger partial charge in [-0.25, -0.2) is 4.39 Å². The van der Waals surface area contributed by atoms with E-state index in [0.717, 1.165) is 12.2 Å². The highest BCUT2D eigenvalue weighted by Gasteiger charge is 2.13. The van der Waals surface area contributed by atoms with Gasteiger partial charge in [-0.15, -0.1) is 0 Å². The number of hydrogen-bond acceptors (Lipinski definition) is 4. The van der Waals surface area contributed by atoms with E-state index in [1.54, 1.807) is 12.1 Å². The van der Waals surface area contributed by atoms with Gasteiger partial charge < -0.3 is 9.42 Å². The van der Waals surface area contributed by atoms with Gasteiger partial charge in [0, 0.05) is 18.2 Å². The maximum Gasteiger partial charge on any atom is 0.229 e. The van der Waals surface area contributed by atoms with E-state index in [0.29, 0.717) is 18.3 Å². The van der Waals surface area contributed by atoms with Gasteiger partial charge in [0.25, 0.3) is 0 Å². The molecule has 0 spiro atoms. The Kier molecular flexibility index (Phi) is 4.14. The van der Waals surface area contributed by atoms with Crippen molar-refractivity contribution in [2.45, 2.75) is 33.2 Å². The molecule has 2 rings (SSSR count). The van der Waals surface area contributed by atoms with Crippen LogP contribution in [-0.4, -0.2) is 16.7 Å². The van der Waals surface area contributed by atoms with Crippen LogP contribution < -0.4 is 4.90 Å². The molecule has 5 heteroatoms. The number of benzene rings is 1. The van der Waals surface area contributed by atoms with Crippen LogP contribution >= 0.6 is 0 Å². The molecule has 0 aliphatic heterocycles. The molecule has 4 nitrogen and oxygen atoms in total. The van der Waals surface area contributed by atoms with Gasteiger partial charge in [-0.3, -0.25) is 0 Å². The third-order valence-corrected chi connectivity index (χ3v) is 2.88. The molecule has 0 saturated heterocycles. The monoisotopic (exact) mass is 263 g/mol. The summed E-state index contributed by atoms with van der Waals surface area (Å²) in [7, 11) is 0. The van der Waals surface area contributed by atoms with E-state index in [4.69, 9.17) is 4.52 Å². The van der Waals surface area contributed by atoms with E-state index in [-0.39, 0.29) is 11.7 Å². The Morgan fingerprint density at radius 1 is 1.26 bits per heavy atom. The molecular formula is C14H18FN3O. The van der Waals surface area contributed by atoms with E-state index in [2.05, 4.69) is 15.0 Å². The van der Waals surface area contributed by atoms with E-state index in [1.807, 2.05) is 20.8 Å². The first kappa shape index (κ1) is 13.5. The summed E-state index contributed by atoms with van der Waals surface area (Å²) in [6.07, 6.45) is 0. The largest absolute Gasteiger partial charge is 0.364 e. The molecular weight excluding hydrogens is 245 g/mol. The summed E-state index contributed by atoms with van der Waals surface area (Å²) in [5.41, 5.74) is 0.944. The van der Waals surface area contributed by atoms with Crippen molar-refractivity contribution in [1.29, 1.82) is 0 Å². The predicted molar refractivity (Wildman–Crippen MR) is 71.5 cm³/mol. The van der Waals surface area contributed by atoms with E-state index < -0.39 is 0 Å². The van der Waals surface area contributed by atoms with E-state index >= 15 is 0 Å². The zero-order valence-electron chi connectivity index (χ0n) is 11.4. The van der Waals surface area contributed by atoms with Crippen molar-refractivity contribution in [3.05, 3.63) is 41.8 Å². The lowest BCUT2D eigenvalue weighted by Gasteiger charge is -2.21. The molecule has 2 aromatic rings. The van der Waals surface area contributed by atoms with Crippen molar-refractivity contribution in [2.75, 3.05) is 11.4 Å². The fraction of sp³-hybridized carbons (Fsp3) is 0.429. The third kappa shape index (κ3) is 3.30. The lowest BCUT2D eigenvalue weighted by atomic mass is 10.2. The minimum absolute atomic E-state index is 0.224. The summed E-state index contributed by atoms with van der Waals surface area (Å²) in [6.45, 7) is 7.39. The number of aromatic nitrogens is 2. The van der Waals surface area contributed by atoms with Gasteiger partial charge in [-0.2, -0.15) is 4.98 Å². The van der Waals surface area contributed by atoms with Crippen LogP contribution in [0.1, 0.15) is 38.4 Å². The minimum atomic E-state index is -0.235. The molecule has 0 bridgehead atoms. The zero-order chi connectivity index (χ0) is 13.8. The Labute approximate surface area is 112 Å². The molecule has 19 heavy (non-hydrogen) atoms. The van der Waals surface area contributed by atoms with Crippen molar-refractivity contribution < 1.29 is 8.91 Å². The molecule has 0 N–H and O–H groups in total. The highest BCUT2D eigenvalue weighted by atomic mass is 19.1. The van der Waals surface area contributed by atoms with Crippen LogP contribution in [0, 0.1) is 5.82 Å². The van der Waals surface area contributed by atoms with Gasteiger partial charge in [-0.1, -0.05) is 19.0 Å². The smallest absolute Gasteiger partial charge is 0.229 e. The Hall–Kier alpha value is -1.91. The second-order valence-electron chi connectivity index (χ2n) is 4.69. The lowest BCUT2D eigenvalue weighted by Crippen LogP contribution is -2.22. The first-order chi connectivity index (χ1) is 9.10. The van der Waals surface area contributed by atoms with Gasteiger partial charge in [-0.05, 0) is 31.2 Å². The molecule has 0 amide bonds. The zero-order valence-corrected chi connectivity index (χ0v) is 11.4. The molecule has 0 atom stereocenters. The van der Waals surface area contributed by atoms with Crippen molar-refractivity contribution in [3.63, 3.8) is 0 Å². The first-order valence-corrected chi connectivity index (χ1v) is 6.43. The summed E-state index contributed by atoms with van der Waals surface area (Å²) in [5, 5.41) is 3.97. The van der Waals surface area contributed by atoms with Gasteiger partial charge in [0.2, 0.25) is 5.89 Å². The standard InChI is InChI=1S/C14H18FN3O/c1-4-18(12-7-5-11(15)6-8-12)9-13-16-14(10(2)3)19-17-13/h5-8,10H,4,9H2,1-3H3. The number of rotatable bonds is 5. The first-order valence-electron chi connectivity index (χ1n) is 6.43. The summed E-state index contributed by atoms with van der Waals surface area (Å²) in [6, 6.07) is 6.41. The van der Waals surface area contributed by atoms with E-state index in [9.17, 15) is 4.39 Å². The maximum atomic E-state index is 12.9. The molecule has 1 heterocycles. The molecule has 0 saturated carbocycles. The van der Waals surface area contributed by atoms with Gasteiger partial charge in [0.05, 0.1) is 6.54 Å². The van der Waals surface area contributed by atoms with E-state index in [1.165, 1.54) is 12.1 Å². The summed E-state index contributed by atoms with van der Waals surface area (Å²) >= 11 is 0. The fourth-order valence-corrected chi connectivity index (χ4v) is 1.77. The quantitative estimate of drug-likeness (QED) is 0.829. The topological polar surface area (TPSA) is 42.2 Å². The molecule has 0 aliphatic carbocycles. The Morgan fingerprint density at radius 2 is 1.95 bits per heavy atom. The second kappa shape index (κ2) is 5.82. The number of nitrogens with zero attached hydrogens (tertiary/aromatic N) is 3. The van der Waals surface area contributed by atoms with Crippen molar-refractivity contribution >= 4 is 5.69 Å².